The van der Waals surface area contributed by atoms with Crippen molar-refractivity contribution >= 4 is 27.5 Å². The zero-order chi connectivity index (χ0) is 13.5. The molecule has 4 rings (SSSR count). The number of hydrogen-bond acceptors (Lipinski definition) is 6. The number of anilines is 2. The molecular weight excluding hydrogens is 274 g/mol. The molecular formula is C13H19N5OS. The summed E-state index contributed by atoms with van der Waals surface area (Å²) in [6.07, 6.45) is 4.21. The van der Waals surface area contributed by atoms with E-state index < -0.39 is 0 Å². The Bertz CT molecular complexity index is 519. The van der Waals surface area contributed by atoms with E-state index in [0.717, 1.165) is 42.9 Å². The van der Waals surface area contributed by atoms with Gasteiger partial charge in [-0.15, -0.1) is 10.2 Å². The van der Waals surface area contributed by atoms with Crippen LogP contribution in [0.1, 0.15) is 25.7 Å². The summed E-state index contributed by atoms with van der Waals surface area (Å²) in [6, 6.07) is 0.685. The molecule has 1 aromatic rings. The number of nitrogens with zero attached hydrogens (tertiary/aromatic N) is 5. The van der Waals surface area contributed by atoms with Gasteiger partial charge in [0.25, 0.3) is 0 Å². The standard InChI is InChI=1S/C13H19N5OS/c19-11-4-2-6-18(11)13-15-14-12(20-13)17-8-7-16-5-1-3-10(16)9-17/h10H,1-9H2. The molecule has 3 fully saturated rings. The fraction of sp³-hybridized carbons (Fsp3) is 0.769. The van der Waals surface area contributed by atoms with Gasteiger partial charge in [0.2, 0.25) is 16.2 Å². The minimum Gasteiger partial charge on any atom is -0.344 e. The molecule has 0 radical (unpaired) electrons. The largest absolute Gasteiger partial charge is 0.344 e. The zero-order valence-corrected chi connectivity index (χ0v) is 12.3. The highest BCUT2D eigenvalue weighted by Gasteiger charge is 2.32. The molecule has 1 aromatic heterocycles. The highest BCUT2D eigenvalue weighted by Crippen LogP contribution is 2.32. The number of carbonyl (C=O) groups excluding carboxylic acids is 1. The molecule has 20 heavy (non-hydrogen) atoms. The summed E-state index contributed by atoms with van der Waals surface area (Å²) in [6.45, 7) is 5.26. The monoisotopic (exact) mass is 293 g/mol. The summed E-state index contributed by atoms with van der Waals surface area (Å²) in [4.78, 5) is 18.5. The lowest BCUT2D eigenvalue weighted by Gasteiger charge is -2.37. The maximum atomic E-state index is 11.8. The van der Waals surface area contributed by atoms with Crippen molar-refractivity contribution in [2.24, 2.45) is 0 Å². The summed E-state index contributed by atoms with van der Waals surface area (Å²) in [5.41, 5.74) is 0. The van der Waals surface area contributed by atoms with Crippen LogP contribution in [0.4, 0.5) is 10.3 Å². The SMILES string of the molecule is O=C1CCCN1c1nnc(N2CCN3CCCC3C2)s1. The van der Waals surface area contributed by atoms with Crippen molar-refractivity contribution in [1.29, 1.82) is 0 Å². The first-order valence-electron chi connectivity index (χ1n) is 7.44. The van der Waals surface area contributed by atoms with E-state index in [4.69, 9.17) is 0 Å². The number of carbonyl (C=O) groups is 1. The molecule has 3 aliphatic heterocycles. The van der Waals surface area contributed by atoms with E-state index in [-0.39, 0.29) is 5.91 Å². The molecule has 0 bridgehead atoms. The Kier molecular flexibility index (Phi) is 3.11. The number of piperazine rings is 1. The van der Waals surface area contributed by atoms with Gasteiger partial charge in [-0.1, -0.05) is 11.3 Å². The zero-order valence-electron chi connectivity index (χ0n) is 11.5. The maximum absolute atomic E-state index is 11.8. The second kappa shape index (κ2) is 4.96. The van der Waals surface area contributed by atoms with Crippen LogP contribution in [0.2, 0.25) is 0 Å². The van der Waals surface area contributed by atoms with E-state index in [0.29, 0.717) is 12.5 Å². The van der Waals surface area contributed by atoms with Gasteiger partial charge in [0.15, 0.2) is 0 Å². The van der Waals surface area contributed by atoms with Crippen LogP contribution in [0.15, 0.2) is 0 Å². The van der Waals surface area contributed by atoms with Crippen LogP contribution in [-0.4, -0.2) is 59.8 Å². The fourth-order valence-corrected chi connectivity index (χ4v) is 4.38. The molecule has 1 unspecified atom stereocenters. The average Bonchev–Trinajstić information content (AvgIpc) is 3.17. The highest BCUT2D eigenvalue weighted by atomic mass is 32.1. The normalized spacial score (nSPS) is 27.4. The van der Waals surface area contributed by atoms with Crippen molar-refractivity contribution in [3.63, 3.8) is 0 Å². The molecule has 1 atom stereocenters. The van der Waals surface area contributed by atoms with E-state index in [1.54, 1.807) is 16.2 Å². The predicted molar refractivity (Wildman–Crippen MR) is 78.3 cm³/mol. The van der Waals surface area contributed by atoms with Gasteiger partial charge in [0.1, 0.15) is 0 Å². The Balaban J connectivity index is 1.49. The second-order valence-electron chi connectivity index (χ2n) is 5.79. The van der Waals surface area contributed by atoms with E-state index in [2.05, 4.69) is 20.0 Å². The molecule has 0 aliphatic carbocycles. The van der Waals surface area contributed by atoms with Crippen LogP contribution in [0.3, 0.4) is 0 Å². The Morgan fingerprint density at radius 2 is 1.95 bits per heavy atom. The van der Waals surface area contributed by atoms with Crippen LogP contribution >= 0.6 is 11.3 Å². The lowest BCUT2D eigenvalue weighted by atomic mass is 10.2. The first-order chi connectivity index (χ1) is 9.81. The van der Waals surface area contributed by atoms with E-state index in [1.165, 1.54) is 19.4 Å². The van der Waals surface area contributed by atoms with Gasteiger partial charge in [-0.3, -0.25) is 14.6 Å². The molecule has 1 amide bonds. The highest BCUT2D eigenvalue weighted by molar-refractivity contribution is 7.19. The molecule has 3 saturated heterocycles. The summed E-state index contributed by atoms with van der Waals surface area (Å²) in [5.74, 6) is 0.188. The molecule has 6 nitrogen and oxygen atoms in total. The summed E-state index contributed by atoms with van der Waals surface area (Å²) >= 11 is 1.56. The van der Waals surface area contributed by atoms with Crippen LogP contribution < -0.4 is 9.80 Å². The van der Waals surface area contributed by atoms with Gasteiger partial charge in [-0.25, -0.2) is 0 Å². The molecule has 4 heterocycles. The van der Waals surface area contributed by atoms with Gasteiger partial charge in [-0.05, 0) is 25.8 Å². The lowest BCUT2D eigenvalue weighted by Crippen LogP contribution is -2.50. The van der Waals surface area contributed by atoms with E-state index in [1.807, 2.05) is 0 Å². The molecule has 108 valence electrons. The van der Waals surface area contributed by atoms with Crippen LogP contribution in [0, 0.1) is 0 Å². The minimum absolute atomic E-state index is 0.188. The van der Waals surface area contributed by atoms with Crippen molar-refractivity contribution in [1.82, 2.24) is 15.1 Å². The number of amides is 1. The Labute approximate surface area is 122 Å². The first kappa shape index (κ1) is 12.5. The molecule has 0 N–H and O–H groups in total. The van der Waals surface area contributed by atoms with Crippen LogP contribution in [0.5, 0.6) is 0 Å². The third-order valence-corrected chi connectivity index (χ3v) is 5.57. The Morgan fingerprint density at radius 1 is 1.05 bits per heavy atom. The fourth-order valence-electron chi connectivity index (χ4n) is 3.46. The van der Waals surface area contributed by atoms with Gasteiger partial charge in [0, 0.05) is 38.6 Å². The summed E-state index contributed by atoms with van der Waals surface area (Å²) in [5, 5.41) is 10.3. The van der Waals surface area contributed by atoms with Crippen molar-refractivity contribution in [2.45, 2.75) is 31.7 Å². The smallest absolute Gasteiger partial charge is 0.228 e. The van der Waals surface area contributed by atoms with Gasteiger partial charge < -0.3 is 4.90 Å². The number of fused-ring (bicyclic) bond motifs is 1. The van der Waals surface area contributed by atoms with E-state index in [9.17, 15) is 4.79 Å². The van der Waals surface area contributed by atoms with Crippen molar-refractivity contribution in [3.8, 4) is 0 Å². The average molecular weight is 293 g/mol. The lowest BCUT2D eigenvalue weighted by molar-refractivity contribution is -0.117. The van der Waals surface area contributed by atoms with Crippen LogP contribution in [-0.2, 0) is 4.79 Å². The molecule has 3 aliphatic rings. The van der Waals surface area contributed by atoms with Gasteiger partial charge in [-0.2, -0.15) is 0 Å². The Hall–Kier alpha value is -1.21. The molecule has 0 aromatic carbocycles. The van der Waals surface area contributed by atoms with E-state index >= 15 is 0 Å². The quantitative estimate of drug-likeness (QED) is 0.812. The molecule has 0 spiro atoms. The number of aromatic nitrogens is 2. The maximum Gasteiger partial charge on any atom is 0.228 e. The predicted octanol–water partition coefficient (Wildman–Crippen LogP) is 0.949. The topological polar surface area (TPSA) is 52.6 Å². The van der Waals surface area contributed by atoms with Crippen molar-refractivity contribution in [3.05, 3.63) is 0 Å². The third kappa shape index (κ3) is 2.09. The van der Waals surface area contributed by atoms with Crippen molar-refractivity contribution < 1.29 is 4.79 Å². The number of rotatable bonds is 2. The first-order valence-corrected chi connectivity index (χ1v) is 8.26. The Morgan fingerprint density at radius 3 is 2.80 bits per heavy atom. The second-order valence-corrected chi connectivity index (χ2v) is 6.73. The number of hydrogen-bond donors (Lipinski definition) is 0. The van der Waals surface area contributed by atoms with Crippen molar-refractivity contribution in [2.75, 3.05) is 42.5 Å². The van der Waals surface area contributed by atoms with Gasteiger partial charge >= 0.3 is 0 Å². The summed E-state index contributed by atoms with van der Waals surface area (Å²) in [7, 11) is 0. The summed E-state index contributed by atoms with van der Waals surface area (Å²) < 4.78 is 0. The molecule has 0 saturated carbocycles. The molecule has 7 heteroatoms. The van der Waals surface area contributed by atoms with Gasteiger partial charge in [0.05, 0.1) is 0 Å². The van der Waals surface area contributed by atoms with Crippen LogP contribution in [0.25, 0.3) is 0 Å². The third-order valence-electron chi connectivity index (χ3n) is 4.57. The minimum atomic E-state index is 0.188.